The lowest BCUT2D eigenvalue weighted by Crippen LogP contribution is -2.41. The summed E-state index contributed by atoms with van der Waals surface area (Å²) >= 11 is 0. The molecule has 0 aliphatic rings. The average Bonchev–Trinajstić information content (AvgIpc) is 2.46. The molecule has 0 bridgehead atoms. The summed E-state index contributed by atoms with van der Waals surface area (Å²) in [4.78, 5) is 23.1. The highest BCUT2D eigenvalue weighted by atomic mass is 16.5. The van der Waals surface area contributed by atoms with Crippen molar-refractivity contribution in [2.45, 2.75) is 13.0 Å². The van der Waals surface area contributed by atoms with Gasteiger partial charge in [0.25, 0.3) is 0 Å². The standard InChI is InChI=1S/C15H16N2O3/c1-10(14(18)20-2)16-15(19)17-13-9-5-7-11-6-3-4-8-12(11)13/h3-10H,1-2H3,(H2,16,17,19). The lowest BCUT2D eigenvalue weighted by Gasteiger charge is -2.13. The van der Waals surface area contributed by atoms with Crippen LogP contribution in [0, 0.1) is 0 Å². The van der Waals surface area contributed by atoms with Gasteiger partial charge in [0.05, 0.1) is 12.8 Å². The van der Waals surface area contributed by atoms with E-state index in [1.807, 2.05) is 42.5 Å². The minimum Gasteiger partial charge on any atom is -0.467 e. The first kappa shape index (κ1) is 13.9. The van der Waals surface area contributed by atoms with Crippen molar-refractivity contribution in [3.05, 3.63) is 42.5 Å². The number of hydrogen-bond acceptors (Lipinski definition) is 3. The molecule has 2 aromatic carbocycles. The molecule has 0 fully saturated rings. The molecule has 0 aliphatic heterocycles. The Morgan fingerprint density at radius 3 is 2.55 bits per heavy atom. The summed E-state index contributed by atoms with van der Waals surface area (Å²) < 4.78 is 4.55. The average molecular weight is 272 g/mol. The normalized spacial score (nSPS) is 11.7. The second kappa shape index (κ2) is 6.06. The van der Waals surface area contributed by atoms with E-state index < -0.39 is 18.0 Å². The van der Waals surface area contributed by atoms with Crippen LogP contribution >= 0.6 is 0 Å². The topological polar surface area (TPSA) is 67.4 Å². The van der Waals surface area contributed by atoms with E-state index in [9.17, 15) is 9.59 Å². The van der Waals surface area contributed by atoms with Gasteiger partial charge in [-0.3, -0.25) is 0 Å². The van der Waals surface area contributed by atoms with Gasteiger partial charge < -0.3 is 15.4 Å². The lowest BCUT2D eigenvalue weighted by molar-refractivity contribution is -0.142. The summed E-state index contributed by atoms with van der Waals surface area (Å²) in [5.41, 5.74) is 0.692. The third-order valence-electron chi connectivity index (χ3n) is 2.94. The van der Waals surface area contributed by atoms with Crippen molar-refractivity contribution >= 4 is 28.5 Å². The van der Waals surface area contributed by atoms with Gasteiger partial charge in [-0.15, -0.1) is 0 Å². The monoisotopic (exact) mass is 272 g/mol. The fraction of sp³-hybridized carbons (Fsp3) is 0.200. The number of ether oxygens (including phenoxy) is 1. The number of carbonyl (C=O) groups is 2. The van der Waals surface area contributed by atoms with Crippen LogP contribution in [0.2, 0.25) is 0 Å². The van der Waals surface area contributed by atoms with E-state index in [0.29, 0.717) is 5.69 Å². The number of nitrogens with one attached hydrogen (secondary N) is 2. The number of benzene rings is 2. The molecule has 0 heterocycles. The molecular formula is C15H16N2O3. The van der Waals surface area contributed by atoms with Crippen LogP contribution in [-0.4, -0.2) is 25.2 Å². The summed E-state index contributed by atoms with van der Waals surface area (Å²) in [6.07, 6.45) is 0. The molecular weight excluding hydrogens is 256 g/mol. The Morgan fingerprint density at radius 1 is 1.10 bits per heavy atom. The number of amides is 2. The first-order valence-electron chi connectivity index (χ1n) is 6.25. The van der Waals surface area contributed by atoms with Gasteiger partial charge in [0.15, 0.2) is 0 Å². The number of anilines is 1. The zero-order valence-corrected chi connectivity index (χ0v) is 11.3. The van der Waals surface area contributed by atoms with Crippen LogP contribution in [0.5, 0.6) is 0 Å². The maximum Gasteiger partial charge on any atom is 0.328 e. The summed E-state index contributed by atoms with van der Waals surface area (Å²) in [6.45, 7) is 1.56. The largest absolute Gasteiger partial charge is 0.467 e. The van der Waals surface area contributed by atoms with E-state index >= 15 is 0 Å². The SMILES string of the molecule is COC(=O)C(C)NC(=O)Nc1cccc2ccccc12. The zero-order chi connectivity index (χ0) is 14.5. The van der Waals surface area contributed by atoms with E-state index in [0.717, 1.165) is 10.8 Å². The highest BCUT2D eigenvalue weighted by Gasteiger charge is 2.15. The Bertz CT molecular complexity index is 635. The molecule has 2 aromatic rings. The van der Waals surface area contributed by atoms with Crippen molar-refractivity contribution in [1.29, 1.82) is 0 Å². The molecule has 0 spiro atoms. The lowest BCUT2D eigenvalue weighted by atomic mass is 10.1. The van der Waals surface area contributed by atoms with E-state index in [1.54, 1.807) is 6.92 Å². The fourth-order valence-electron chi connectivity index (χ4n) is 1.93. The van der Waals surface area contributed by atoms with Gasteiger partial charge >= 0.3 is 12.0 Å². The zero-order valence-electron chi connectivity index (χ0n) is 11.3. The number of rotatable bonds is 3. The molecule has 0 saturated heterocycles. The van der Waals surface area contributed by atoms with Gasteiger partial charge in [0.2, 0.25) is 0 Å². The quantitative estimate of drug-likeness (QED) is 0.844. The molecule has 0 aliphatic carbocycles. The number of urea groups is 1. The molecule has 0 aromatic heterocycles. The third-order valence-corrected chi connectivity index (χ3v) is 2.94. The molecule has 2 rings (SSSR count). The Hall–Kier alpha value is -2.56. The Balaban J connectivity index is 2.12. The van der Waals surface area contributed by atoms with Crippen LogP contribution in [0.1, 0.15) is 6.92 Å². The smallest absolute Gasteiger partial charge is 0.328 e. The third kappa shape index (κ3) is 3.06. The van der Waals surface area contributed by atoms with Crippen molar-refractivity contribution in [2.24, 2.45) is 0 Å². The number of carbonyl (C=O) groups excluding carboxylic acids is 2. The first-order chi connectivity index (χ1) is 9.61. The van der Waals surface area contributed by atoms with Crippen molar-refractivity contribution < 1.29 is 14.3 Å². The molecule has 0 saturated carbocycles. The summed E-state index contributed by atoms with van der Waals surface area (Å²) in [5, 5.41) is 7.23. The minimum atomic E-state index is -0.699. The molecule has 2 N–H and O–H groups in total. The van der Waals surface area contributed by atoms with E-state index in [1.165, 1.54) is 7.11 Å². The van der Waals surface area contributed by atoms with E-state index in [-0.39, 0.29) is 0 Å². The van der Waals surface area contributed by atoms with E-state index in [2.05, 4.69) is 15.4 Å². The van der Waals surface area contributed by atoms with Gasteiger partial charge in [-0.05, 0) is 18.4 Å². The maximum atomic E-state index is 11.9. The molecule has 1 unspecified atom stereocenters. The number of hydrogen-bond donors (Lipinski definition) is 2. The fourth-order valence-corrected chi connectivity index (χ4v) is 1.93. The maximum absolute atomic E-state index is 11.9. The molecule has 1 atom stereocenters. The van der Waals surface area contributed by atoms with Crippen molar-refractivity contribution in [2.75, 3.05) is 12.4 Å². The number of esters is 1. The van der Waals surface area contributed by atoms with Crippen molar-refractivity contribution in [3.8, 4) is 0 Å². The molecule has 104 valence electrons. The Labute approximate surface area is 116 Å². The van der Waals surface area contributed by atoms with Crippen LogP contribution in [0.15, 0.2) is 42.5 Å². The highest BCUT2D eigenvalue weighted by molar-refractivity contribution is 6.02. The second-order valence-electron chi connectivity index (χ2n) is 4.37. The summed E-state index contributed by atoms with van der Waals surface area (Å²) in [7, 11) is 1.28. The molecule has 2 amide bonds. The van der Waals surface area contributed by atoms with Gasteiger partial charge in [-0.1, -0.05) is 36.4 Å². The Kier molecular flexibility index (Phi) is 4.20. The molecule has 5 nitrogen and oxygen atoms in total. The summed E-state index contributed by atoms with van der Waals surface area (Å²) in [5.74, 6) is -0.488. The van der Waals surface area contributed by atoms with Crippen molar-refractivity contribution in [1.82, 2.24) is 5.32 Å². The van der Waals surface area contributed by atoms with Crippen LogP contribution < -0.4 is 10.6 Å². The van der Waals surface area contributed by atoms with Crippen LogP contribution in [0.3, 0.4) is 0 Å². The van der Waals surface area contributed by atoms with Crippen molar-refractivity contribution in [3.63, 3.8) is 0 Å². The van der Waals surface area contributed by atoms with Gasteiger partial charge in [-0.25, -0.2) is 9.59 Å². The molecule has 20 heavy (non-hydrogen) atoms. The summed E-state index contributed by atoms with van der Waals surface area (Å²) in [6, 6.07) is 12.2. The molecule has 0 radical (unpaired) electrons. The minimum absolute atomic E-state index is 0.445. The first-order valence-corrected chi connectivity index (χ1v) is 6.25. The van der Waals surface area contributed by atoms with Gasteiger partial charge in [0, 0.05) is 5.39 Å². The van der Waals surface area contributed by atoms with Crippen LogP contribution in [0.25, 0.3) is 10.8 Å². The Morgan fingerprint density at radius 2 is 1.80 bits per heavy atom. The number of fused-ring (bicyclic) bond motifs is 1. The second-order valence-corrected chi connectivity index (χ2v) is 4.37. The van der Waals surface area contributed by atoms with Gasteiger partial charge in [-0.2, -0.15) is 0 Å². The predicted molar refractivity (Wildman–Crippen MR) is 77.6 cm³/mol. The predicted octanol–water partition coefficient (Wildman–Crippen LogP) is 2.52. The van der Waals surface area contributed by atoms with Crippen LogP contribution in [0.4, 0.5) is 10.5 Å². The highest BCUT2D eigenvalue weighted by Crippen LogP contribution is 2.22. The van der Waals surface area contributed by atoms with E-state index in [4.69, 9.17) is 0 Å². The van der Waals surface area contributed by atoms with Gasteiger partial charge in [0.1, 0.15) is 6.04 Å². The molecule has 5 heteroatoms. The number of methoxy groups -OCH3 is 1. The van der Waals surface area contributed by atoms with Crippen LogP contribution in [-0.2, 0) is 9.53 Å².